The van der Waals surface area contributed by atoms with Crippen molar-refractivity contribution in [1.82, 2.24) is 14.5 Å². The largest absolute Gasteiger partial charge is 0.409 e. The van der Waals surface area contributed by atoms with Gasteiger partial charge in [0.25, 0.3) is 5.56 Å². The van der Waals surface area contributed by atoms with E-state index in [1.807, 2.05) is 18.7 Å². The van der Waals surface area contributed by atoms with Gasteiger partial charge in [0.1, 0.15) is 11.9 Å². The Morgan fingerprint density at radius 2 is 1.93 bits per heavy atom. The Labute approximate surface area is 165 Å². The van der Waals surface area contributed by atoms with Crippen molar-refractivity contribution in [2.24, 2.45) is 0 Å². The Bertz CT molecular complexity index is 924. The van der Waals surface area contributed by atoms with E-state index in [0.29, 0.717) is 19.0 Å². The average molecular weight is 409 g/mol. The number of alkyl halides is 3. The molecule has 10 heteroatoms. The minimum absolute atomic E-state index is 0.0139. The van der Waals surface area contributed by atoms with Gasteiger partial charge >= 0.3 is 6.18 Å². The van der Waals surface area contributed by atoms with Crippen molar-refractivity contribution >= 4 is 17.5 Å². The van der Waals surface area contributed by atoms with Gasteiger partial charge in [-0.3, -0.25) is 19.2 Å². The lowest BCUT2D eigenvalue weighted by molar-refractivity contribution is -0.150. The Morgan fingerprint density at radius 3 is 2.55 bits per heavy atom. The molecule has 2 aliphatic rings. The van der Waals surface area contributed by atoms with Gasteiger partial charge < -0.3 is 9.64 Å². The molecule has 0 N–H and O–H groups in total. The Balaban J connectivity index is 1.87. The number of anilines is 3. The molecule has 1 unspecified atom stereocenters. The molecular weight excluding hydrogens is 387 g/mol. The number of hydrogen-bond acceptors (Lipinski definition) is 6. The van der Waals surface area contributed by atoms with Crippen LogP contribution in [0.3, 0.4) is 0 Å². The summed E-state index contributed by atoms with van der Waals surface area (Å²) in [5.41, 5.74) is -0.124. The summed E-state index contributed by atoms with van der Waals surface area (Å²) in [7, 11) is 0. The van der Waals surface area contributed by atoms with Gasteiger partial charge in [-0.1, -0.05) is 0 Å². The first-order valence-electron chi connectivity index (χ1n) is 9.51. The molecule has 4 heterocycles. The van der Waals surface area contributed by atoms with Crippen LogP contribution in [0.4, 0.5) is 30.6 Å². The third-order valence-electron chi connectivity index (χ3n) is 5.36. The van der Waals surface area contributed by atoms with Crippen LogP contribution < -0.4 is 15.4 Å². The van der Waals surface area contributed by atoms with Crippen molar-refractivity contribution in [3.05, 3.63) is 40.9 Å². The quantitative estimate of drug-likeness (QED) is 0.760. The van der Waals surface area contributed by atoms with Crippen LogP contribution in [0.2, 0.25) is 0 Å². The summed E-state index contributed by atoms with van der Waals surface area (Å²) in [4.78, 5) is 24.3. The van der Waals surface area contributed by atoms with E-state index in [2.05, 4.69) is 9.97 Å². The van der Waals surface area contributed by atoms with Crippen LogP contribution in [0.15, 0.2) is 35.4 Å². The number of halogens is 3. The SMILES string of the molecule is C[C@@H]1COC[C@@H](C)N1c1cc(=O)n2c(n1)N(c1cccnc1)C(C(F)(F)F)CC2. The van der Waals surface area contributed by atoms with Crippen LogP contribution in [0.1, 0.15) is 20.3 Å². The predicted molar refractivity (Wildman–Crippen MR) is 102 cm³/mol. The Hall–Kier alpha value is -2.62. The summed E-state index contributed by atoms with van der Waals surface area (Å²) in [6.45, 7) is 4.75. The monoisotopic (exact) mass is 409 g/mol. The van der Waals surface area contributed by atoms with Crippen LogP contribution in [-0.2, 0) is 11.3 Å². The lowest BCUT2D eigenvalue weighted by atomic mass is 10.1. The van der Waals surface area contributed by atoms with Crippen molar-refractivity contribution < 1.29 is 17.9 Å². The van der Waals surface area contributed by atoms with Gasteiger partial charge in [0, 0.05) is 18.8 Å². The van der Waals surface area contributed by atoms with Gasteiger partial charge in [0.15, 0.2) is 0 Å². The van der Waals surface area contributed by atoms with E-state index in [0.717, 1.165) is 4.90 Å². The molecule has 156 valence electrons. The first kappa shape index (κ1) is 19.7. The van der Waals surface area contributed by atoms with Gasteiger partial charge in [0.05, 0.1) is 37.2 Å². The molecule has 2 aromatic rings. The highest BCUT2D eigenvalue weighted by Gasteiger charge is 2.47. The summed E-state index contributed by atoms with van der Waals surface area (Å²) in [5, 5.41) is 0. The number of ether oxygens (including phenoxy) is 1. The molecular formula is C19H22F3N5O2. The molecule has 1 saturated heterocycles. The summed E-state index contributed by atoms with van der Waals surface area (Å²) < 4.78 is 48.4. The molecule has 2 aromatic heterocycles. The zero-order chi connectivity index (χ0) is 20.8. The minimum atomic E-state index is -4.48. The molecule has 0 aliphatic carbocycles. The molecule has 0 spiro atoms. The predicted octanol–water partition coefficient (Wildman–Crippen LogP) is 2.72. The summed E-state index contributed by atoms with van der Waals surface area (Å²) >= 11 is 0. The molecule has 3 atom stereocenters. The fourth-order valence-electron chi connectivity index (χ4n) is 4.09. The Kier molecular flexibility index (Phi) is 4.97. The molecule has 0 saturated carbocycles. The van der Waals surface area contributed by atoms with E-state index in [1.54, 1.807) is 12.1 Å². The van der Waals surface area contributed by atoms with E-state index in [-0.39, 0.29) is 42.2 Å². The second-order valence-electron chi connectivity index (χ2n) is 7.47. The second-order valence-corrected chi connectivity index (χ2v) is 7.47. The molecule has 29 heavy (non-hydrogen) atoms. The van der Waals surface area contributed by atoms with Crippen molar-refractivity contribution in [3.63, 3.8) is 0 Å². The zero-order valence-corrected chi connectivity index (χ0v) is 16.1. The topological polar surface area (TPSA) is 63.5 Å². The number of fused-ring (bicyclic) bond motifs is 1. The normalized spacial score (nSPS) is 25.1. The summed E-state index contributed by atoms with van der Waals surface area (Å²) in [6.07, 6.45) is -1.87. The van der Waals surface area contributed by atoms with Crippen LogP contribution >= 0.6 is 0 Å². The van der Waals surface area contributed by atoms with Gasteiger partial charge in [-0.05, 0) is 32.4 Å². The second kappa shape index (κ2) is 7.33. The fraction of sp³-hybridized carbons (Fsp3) is 0.526. The zero-order valence-electron chi connectivity index (χ0n) is 16.1. The molecule has 2 aliphatic heterocycles. The standard InChI is InChI=1S/C19H22F3N5O2/c1-12-10-29-11-13(2)26(12)16-8-17(28)25-7-5-15(19(20,21)22)27(18(25)24-16)14-4-3-6-23-9-14/h3-4,6,8-9,12-13,15H,5,7,10-11H2,1-2H3/t12-,13-,15?/m1/s1. The van der Waals surface area contributed by atoms with E-state index in [1.165, 1.54) is 23.0 Å². The van der Waals surface area contributed by atoms with Crippen LogP contribution in [0.5, 0.6) is 0 Å². The number of hydrogen-bond donors (Lipinski definition) is 0. The van der Waals surface area contributed by atoms with E-state index < -0.39 is 12.2 Å². The van der Waals surface area contributed by atoms with Gasteiger partial charge in [-0.2, -0.15) is 18.2 Å². The maximum Gasteiger partial charge on any atom is 0.409 e. The van der Waals surface area contributed by atoms with Crippen molar-refractivity contribution in [1.29, 1.82) is 0 Å². The minimum Gasteiger partial charge on any atom is -0.377 e. The third-order valence-corrected chi connectivity index (χ3v) is 5.36. The molecule has 4 rings (SSSR count). The van der Waals surface area contributed by atoms with Crippen molar-refractivity contribution in [3.8, 4) is 0 Å². The van der Waals surface area contributed by atoms with Crippen LogP contribution in [0.25, 0.3) is 0 Å². The first-order valence-corrected chi connectivity index (χ1v) is 9.51. The number of rotatable bonds is 2. The molecule has 1 fully saturated rings. The highest BCUT2D eigenvalue weighted by Crippen LogP contribution is 2.39. The average Bonchev–Trinajstić information content (AvgIpc) is 2.67. The lowest BCUT2D eigenvalue weighted by Gasteiger charge is -2.42. The van der Waals surface area contributed by atoms with Gasteiger partial charge in [-0.25, -0.2) is 0 Å². The fourth-order valence-corrected chi connectivity index (χ4v) is 4.09. The molecule has 0 amide bonds. The number of pyridine rings is 1. The van der Waals surface area contributed by atoms with E-state index >= 15 is 0 Å². The third kappa shape index (κ3) is 3.57. The molecule has 0 bridgehead atoms. The van der Waals surface area contributed by atoms with Crippen LogP contribution in [-0.4, -0.2) is 52.1 Å². The highest BCUT2D eigenvalue weighted by atomic mass is 19.4. The maximum atomic E-state index is 13.8. The maximum absolute atomic E-state index is 13.8. The molecule has 0 radical (unpaired) electrons. The van der Waals surface area contributed by atoms with E-state index in [4.69, 9.17) is 4.74 Å². The number of aromatic nitrogens is 3. The van der Waals surface area contributed by atoms with Crippen LogP contribution in [0, 0.1) is 0 Å². The lowest BCUT2D eigenvalue weighted by Crippen LogP contribution is -2.52. The first-order chi connectivity index (χ1) is 13.8. The number of morpholine rings is 1. The summed E-state index contributed by atoms with van der Waals surface area (Å²) in [5.74, 6) is 0.348. The van der Waals surface area contributed by atoms with Crippen molar-refractivity contribution in [2.45, 2.75) is 51.1 Å². The smallest absolute Gasteiger partial charge is 0.377 e. The molecule has 7 nitrogen and oxygen atoms in total. The van der Waals surface area contributed by atoms with Gasteiger partial charge in [0.2, 0.25) is 5.95 Å². The molecule has 0 aromatic carbocycles. The number of nitrogens with zero attached hydrogens (tertiary/aromatic N) is 5. The summed E-state index contributed by atoms with van der Waals surface area (Å²) in [6, 6.07) is 2.62. The Morgan fingerprint density at radius 1 is 1.21 bits per heavy atom. The van der Waals surface area contributed by atoms with Crippen molar-refractivity contribution in [2.75, 3.05) is 23.0 Å². The van der Waals surface area contributed by atoms with E-state index in [9.17, 15) is 18.0 Å². The van der Waals surface area contributed by atoms with Gasteiger partial charge in [-0.15, -0.1) is 0 Å². The highest BCUT2D eigenvalue weighted by molar-refractivity contribution is 5.61.